The van der Waals surface area contributed by atoms with Gasteiger partial charge in [-0.2, -0.15) is 0 Å². The molecule has 2 aliphatic heterocycles. The topological polar surface area (TPSA) is 6.48 Å². The summed E-state index contributed by atoms with van der Waals surface area (Å²) in [5, 5.41) is 0. The van der Waals surface area contributed by atoms with Crippen LogP contribution < -0.4 is 0 Å². The first-order valence-corrected chi connectivity index (χ1v) is 7.10. The van der Waals surface area contributed by atoms with Crippen LogP contribution >= 0.6 is 0 Å². The van der Waals surface area contributed by atoms with E-state index in [-0.39, 0.29) is 0 Å². The summed E-state index contributed by atoms with van der Waals surface area (Å²) >= 11 is 0. The van der Waals surface area contributed by atoms with Crippen molar-refractivity contribution in [2.45, 2.75) is 64.2 Å². The summed E-state index contributed by atoms with van der Waals surface area (Å²) in [7, 11) is 0. The molecule has 3 heteroatoms. The largest absolute Gasteiger partial charge is 0.300 e. The molecule has 0 radical (unpaired) electrons. The molecule has 0 unspecified atom stereocenters. The molecule has 2 rings (SSSR count). The van der Waals surface area contributed by atoms with Gasteiger partial charge in [0.15, 0.2) is 0 Å². The number of halogens is 1. The summed E-state index contributed by atoms with van der Waals surface area (Å²) < 4.78 is 13.1. The van der Waals surface area contributed by atoms with Crippen LogP contribution in [-0.4, -0.2) is 53.7 Å². The summed E-state index contributed by atoms with van der Waals surface area (Å²) in [6, 6.07) is 0.709. The monoisotopic (exact) mass is 242 g/mol. The Kier molecular flexibility index (Phi) is 4.09. The molecule has 2 aliphatic rings. The lowest BCUT2D eigenvalue weighted by atomic mass is 9.95. The summed E-state index contributed by atoms with van der Waals surface area (Å²) in [5.74, 6) is 0. The molecular formula is C14H27FN2. The first-order chi connectivity index (χ1) is 7.97. The van der Waals surface area contributed by atoms with Crippen LogP contribution in [0.25, 0.3) is 0 Å². The molecule has 2 fully saturated rings. The van der Waals surface area contributed by atoms with Crippen molar-refractivity contribution in [2.24, 2.45) is 0 Å². The van der Waals surface area contributed by atoms with Crippen LogP contribution in [0.3, 0.4) is 0 Å². The first kappa shape index (κ1) is 13.3. The molecule has 0 aromatic heterocycles. The predicted octanol–water partition coefficient (Wildman–Crippen LogP) is 2.68. The van der Waals surface area contributed by atoms with E-state index in [2.05, 4.69) is 30.6 Å². The fraction of sp³-hybridized carbons (Fsp3) is 1.00. The molecule has 0 N–H and O–H groups in total. The zero-order chi connectivity index (χ0) is 12.5. The third-order valence-electron chi connectivity index (χ3n) is 4.39. The number of alkyl halides is 1. The third-order valence-corrected chi connectivity index (χ3v) is 4.39. The summed E-state index contributed by atoms with van der Waals surface area (Å²) in [4.78, 5) is 5.10. The summed E-state index contributed by atoms with van der Waals surface area (Å²) in [6.07, 6.45) is 3.47. The molecular weight excluding hydrogens is 215 g/mol. The fourth-order valence-corrected chi connectivity index (χ4v) is 3.13. The second-order valence-corrected chi connectivity index (χ2v) is 6.60. The standard InChI is InChI=1S/C14H27FN2/c1-14(2,3)17-10-6-13(7-11-17)16-8-4-12(15)5-9-16/h12-13H,4-11H2,1-3H3. The van der Waals surface area contributed by atoms with Crippen LogP contribution in [0, 0.1) is 0 Å². The van der Waals surface area contributed by atoms with Gasteiger partial charge in [0.2, 0.25) is 0 Å². The highest BCUT2D eigenvalue weighted by Gasteiger charge is 2.31. The number of hydrogen-bond acceptors (Lipinski definition) is 2. The van der Waals surface area contributed by atoms with Crippen LogP contribution in [-0.2, 0) is 0 Å². The van der Waals surface area contributed by atoms with E-state index in [4.69, 9.17) is 0 Å². The minimum absolute atomic E-state index is 0.302. The van der Waals surface area contributed by atoms with Gasteiger partial charge >= 0.3 is 0 Å². The minimum atomic E-state index is -0.541. The average molecular weight is 242 g/mol. The van der Waals surface area contributed by atoms with Crippen molar-refractivity contribution in [1.82, 2.24) is 9.80 Å². The smallest absolute Gasteiger partial charge is 0.103 e. The van der Waals surface area contributed by atoms with E-state index >= 15 is 0 Å². The van der Waals surface area contributed by atoms with Gasteiger partial charge in [-0.1, -0.05) is 0 Å². The minimum Gasteiger partial charge on any atom is -0.300 e. The van der Waals surface area contributed by atoms with Gasteiger partial charge in [0.25, 0.3) is 0 Å². The van der Waals surface area contributed by atoms with Crippen molar-refractivity contribution >= 4 is 0 Å². The molecule has 0 saturated carbocycles. The Morgan fingerprint density at radius 3 is 1.88 bits per heavy atom. The van der Waals surface area contributed by atoms with E-state index in [0.717, 1.165) is 25.9 Å². The number of piperidine rings is 2. The Bertz CT molecular complexity index is 233. The van der Waals surface area contributed by atoms with Crippen molar-refractivity contribution < 1.29 is 4.39 Å². The Hall–Kier alpha value is -0.150. The second-order valence-electron chi connectivity index (χ2n) is 6.60. The first-order valence-electron chi connectivity index (χ1n) is 7.10. The van der Waals surface area contributed by atoms with Gasteiger partial charge in [-0.25, -0.2) is 4.39 Å². The zero-order valence-corrected chi connectivity index (χ0v) is 11.6. The Labute approximate surface area is 105 Å². The SMILES string of the molecule is CC(C)(C)N1CCC(N2CCC(F)CC2)CC1. The molecule has 0 atom stereocenters. The molecule has 2 nitrogen and oxygen atoms in total. The van der Waals surface area contributed by atoms with Gasteiger partial charge < -0.3 is 4.90 Å². The fourth-order valence-electron chi connectivity index (χ4n) is 3.13. The van der Waals surface area contributed by atoms with Crippen molar-refractivity contribution in [3.05, 3.63) is 0 Å². The van der Waals surface area contributed by atoms with E-state index in [9.17, 15) is 4.39 Å². The van der Waals surface area contributed by atoms with E-state index < -0.39 is 6.17 Å². The molecule has 0 aromatic carbocycles. The van der Waals surface area contributed by atoms with Crippen LogP contribution in [0.2, 0.25) is 0 Å². The Balaban J connectivity index is 1.79. The third kappa shape index (κ3) is 3.41. The second kappa shape index (κ2) is 5.23. The maximum Gasteiger partial charge on any atom is 0.103 e. The van der Waals surface area contributed by atoms with E-state index in [1.807, 2.05) is 0 Å². The van der Waals surface area contributed by atoms with Gasteiger partial charge in [-0.05, 0) is 46.5 Å². The van der Waals surface area contributed by atoms with Gasteiger partial charge in [0.05, 0.1) is 0 Å². The van der Waals surface area contributed by atoms with E-state index in [0.29, 0.717) is 11.6 Å². The highest BCUT2D eigenvalue weighted by Crippen LogP contribution is 2.25. The maximum absolute atomic E-state index is 13.1. The molecule has 0 amide bonds. The summed E-state index contributed by atoms with van der Waals surface area (Å²) in [5.41, 5.74) is 0.302. The molecule has 100 valence electrons. The predicted molar refractivity (Wildman–Crippen MR) is 70.1 cm³/mol. The Morgan fingerprint density at radius 1 is 0.882 bits per heavy atom. The van der Waals surface area contributed by atoms with Gasteiger partial charge in [0.1, 0.15) is 6.17 Å². The highest BCUT2D eigenvalue weighted by molar-refractivity contribution is 4.87. The number of rotatable bonds is 1. The molecule has 17 heavy (non-hydrogen) atoms. The lowest BCUT2D eigenvalue weighted by Gasteiger charge is -2.45. The van der Waals surface area contributed by atoms with E-state index in [1.54, 1.807) is 0 Å². The normalized spacial score (nSPS) is 27.5. The number of hydrogen-bond donors (Lipinski definition) is 0. The molecule has 0 aliphatic carbocycles. The lowest BCUT2D eigenvalue weighted by molar-refractivity contribution is 0.0374. The van der Waals surface area contributed by atoms with Crippen molar-refractivity contribution in [2.75, 3.05) is 26.2 Å². The van der Waals surface area contributed by atoms with Crippen molar-refractivity contribution in [1.29, 1.82) is 0 Å². The molecule has 0 aromatic rings. The molecule has 2 saturated heterocycles. The Morgan fingerprint density at radius 2 is 1.41 bits per heavy atom. The quantitative estimate of drug-likeness (QED) is 0.697. The van der Waals surface area contributed by atoms with Gasteiger partial charge in [-0.3, -0.25) is 4.90 Å². The van der Waals surface area contributed by atoms with Crippen LogP contribution in [0.1, 0.15) is 46.5 Å². The number of nitrogens with zero attached hydrogens (tertiary/aromatic N) is 2. The van der Waals surface area contributed by atoms with Crippen LogP contribution in [0.15, 0.2) is 0 Å². The van der Waals surface area contributed by atoms with Gasteiger partial charge in [-0.15, -0.1) is 0 Å². The lowest BCUT2D eigenvalue weighted by Crippen LogP contribution is -2.52. The molecule has 0 spiro atoms. The maximum atomic E-state index is 13.1. The van der Waals surface area contributed by atoms with Crippen molar-refractivity contribution in [3.8, 4) is 0 Å². The number of likely N-dealkylation sites (tertiary alicyclic amines) is 2. The van der Waals surface area contributed by atoms with Gasteiger partial charge in [0, 0.05) is 37.8 Å². The van der Waals surface area contributed by atoms with Crippen LogP contribution in [0.4, 0.5) is 4.39 Å². The highest BCUT2D eigenvalue weighted by atomic mass is 19.1. The molecule has 0 bridgehead atoms. The van der Waals surface area contributed by atoms with E-state index in [1.165, 1.54) is 25.9 Å². The molecule has 2 heterocycles. The van der Waals surface area contributed by atoms with Crippen LogP contribution in [0.5, 0.6) is 0 Å². The zero-order valence-electron chi connectivity index (χ0n) is 11.6. The average Bonchev–Trinajstić information content (AvgIpc) is 2.29. The van der Waals surface area contributed by atoms with Crippen molar-refractivity contribution in [3.63, 3.8) is 0 Å². The summed E-state index contributed by atoms with van der Waals surface area (Å²) in [6.45, 7) is 11.2.